The van der Waals surface area contributed by atoms with E-state index in [0.717, 1.165) is 39.6 Å². The molecule has 0 fully saturated rings. The largest absolute Gasteiger partial charge is 0.361 e. The highest BCUT2D eigenvalue weighted by atomic mass is 32.2. The maximum absolute atomic E-state index is 10.6. The first-order valence-electron chi connectivity index (χ1n) is 8.28. The second-order valence-corrected chi connectivity index (χ2v) is 6.81. The molecule has 0 aliphatic heterocycles. The summed E-state index contributed by atoms with van der Waals surface area (Å²) in [5.74, 6) is 0.964. The number of rotatable bonds is 7. The van der Waals surface area contributed by atoms with E-state index in [-0.39, 0.29) is 0 Å². The van der Waals surface area contributed by atoms with Crippen LogP contribution >= 0.6 is 11.8 Å². The molecule has 4 rings (SSSR count). The standard InChI is InChI=1S/C19H17N5O2S/c1-26-24-14-10-12(15-3-2-4-17-16(15)5-6-20-17)9-13(11-14)18-21-19(23-22-18)27-8-7-25/h2-7,9-11,20,24H,8H2,1H3,(H,21,22,23). The van der Waals surface area contributed by atoms with E-state index in [1.807, 2.05) is 30.5 Å². The quantitative estimate of drug-likeness (QED) is 0.256. The Hall–Kier alpha value is -3.10. The van der Waals surface area contributed by atoms with E-state index in [4.69, 9.17) is 4.84 Å². The predicted octanol–water partition coefficient (Wildman–Crippen LogP) is 3.88. The summed E-state index contributed by atoms with van der Waals surface area (Å²) in [4.78, 5) is 22.0. The molecule has 27 heavy (non-hydrogen) atoms. The summed E-state index contributed by atoms with van der Waals surface area (Å²) >= 11 is 1.31. The number of hydrogen-bond acceptors (Lipinski definition) is 6. The lowest BCUT2D eigenvalue weighted by Crippen LogP contribution is -1.97. The molecule has 2 heterocycles. The van der Waals surface area contributed by atoms with Gasteiger partial charge in [-0.25, -0.2) is 0 Å². The number of anilines is 1. The van der Waals surface area contributed by atoms with E-state index in [9.17, 15) is 4.79 Å². The number of nitrogens with zero attached hydrogens (tertiary/aromatic N) is 2. The summed E-state index contributed by atoms with van der Waals surface area (Å²) in [6.07, 6.45) is 2.77. The second kappa shape index (κ2) is 7.65. The molecule has 2 aromatic heterocycles. The summed E-state index contributed by atoms with van der Waals surface area (Å²) in [6, 6.07) is 14.2. The molecule has 0 aliphatic rings. The van der Waals surface area contributed by atoms with Crippen LogP contribution < -0.4 is 5.48 Å². The highest BCUT2D eigenvalue weighted by molar-refractivity contribution is 7.99. The van der Waals surface area contributed by atoms with Crippen molar-refractivity contribution in [1.82, 2.24) is 20.2 Å². The molecule has 0 amide bonds. The Balaban J connectivity index is 1.80. The number of nitrogens with one attached hydrogen (secondary N) is 3. The molecular weight excluding hydrogens is 362 g/mol. The Morgan fingerprint density at radius 1 is 1.19 bits per heavy atom. The third-order valence-electron chi connectivity index (χ3n) is 4.09. The molecule has 136 valence electrons. The molecule has 0 saturated carbocycles. The van der Waals surface area contributed by atoms with E-state index in [1.54, 1.807) is 7.11 Å². The molecule has 0 spiro atoms. The van der Waals surface area contributed by atoms with E-state index < -0.39 is 0 Å². The summed E-state index contributed by atoms with van der Waals surface area (Å²) in [7, 11) is 1.57. The molecule has 0 aliphatic carbocycles. The molecule has 0 unspecified atom stereocenters. The zero-order valence-electron chi connectivity index (χ0n) is 14.5. The summed E-state index contributed by atoms with van der Waals surface area (Å²) in [5.41, 5.74) is 7.76. The molecule has 8 heteroatoms. The Morgan fingerprint density at radius 3 is 2.93 bits per heavy atom. The molecule has 3 N–H and O–H groups in total. The maximum atomic E-state index is 10.6. The van der Waals surface area contributed by atoms with E-state index in [1.165, 1.54) is 11.8 Å². The Bertz CT molecular complexity index is 1090. The summed E-state index contributed by atoms with van der Waals surface area (Å²) in [6.45, 7) is 0. The molecule has 7 nitrogen and oxygen atoms in total. The first-order valence-corrected chi connectivity index (χ1v) is 9.27. The van der Waals surface area contributed by atoms with Crippen LogP contribution in [0.5, 0.6) is 0 Å². The molecular formula is C19H17N5O2S. The lowest BCUT2D eigenvalue weighted by molar-refractivity contribution is -0.105. The van der Waals surface area contributed by atoms with Crippen molar-refractivity contribution < 1.29 is 9.63 Å². The molecule has 2 aromatic carbocycles. The van der Waals surface area contributed by atoms with Crippen LogP contribution in [0.1, 0.15) is 0 Å². The Morgan fingerprint density at radius 2 is 2.07 bits per heavy atom. The van der Waals surface area contributed by atoms with Crippen LogP contribution in [0.4, 0.5) is 5.69 Å². The smallest absolute Gasteiger partial charge is 0.189 e. The highest BCUT2D eigenvalue weighted by Gasteiger charge is 2.12. The maximum Gasteiger partial charge on any atom is 0.189 e. The van der Waals surface area contributed by atoms with E-state index in [2.05, 4.69) is 43.8 Å². The first-order chi connectivity index (χ1) is 13.3. The van der Waals surface area contributed by atoms with Gasteiger partial charge in [-0.15, -0.1) is 10.2 Å². The molecule has 0 bridgehead atoms. The van der Waals surface area contributed by atoms with Gasteiger partial charge in [-0.2, -0.15) is 0 Å². The topological polar surface area (TPSA) is 95.7 Å². The van der Waals surface area contributed by atoms with Crippen molar-refractivity contribution in [3.05, 3.63) is 48.7 Å². The van der Waals surface area contributed by atoms with Crippen molar-refractivity contribution >= 4 is 34.6 Å². The minimum absolute atomic E-state index is 0.334. The predicted molar refractivity (Wildman–Crippen MR) is 107 cm³/mol. The Kier molecular flexibility index (Phi) is 4.91. The van der Waals surface area contributed by atoms with Gasteiger partial charge in [0.05, 0.1) is 18.6 Å². The average molecular weight is 379 g/mol. The van der Waals surface area contributed by atoms with Crippen molar-refractivity contribution in [3.63, 3.8) is 0 Å². The second-order valence-electron chi connectivity index (χ2n) is 5.81. The van der Waals surface area contributed by atoms with Gasteiger partial charge in [-0.3, -0.25) is 10.3 Å². The van der Waals surface area contributed by atoms with Gasteiger partial charge < -0.3 is 14.8 Å². The fourth-order valence-corrected chi connectivity index (χ4v) is 3.48. The van der Waals surface area contributed by atoms with Gasteiger partial charge >= 0.3 is 0 Å². The van der Waals surface area contributed by atoms with Crippen molar-refractivity contribution in [2.24, 2.45) is 0 Å². The zero-order chi connectivity index (χ0) is 18.6. The van der Waals surface area contributed by atoms with Crippen molar-refractivity contribution in [2.75, 3.05) is 18.3 Å². The first kappa shape index (κ1) is 17.3. The third kappa shape index (κ3) is 3.57. The number of thioether (sulfide) groups is 1. The van der Waals surface area contributed by atoms with Crippen LogP contribution in [-0.4, -0.2) is 39.3 Å². The lowest BCUT2D eigenvalue weighted by Gasteiger charge is -2.10. The summed E-state index contributed by atoms with van der Waals surface area (Å²) in [5, 5.41) is 10.0. The van der Waals surface area contributed by atoms with E-state index >= 15 is 0 Å². The van der Waals surface area contributed by atoms with Crippen molar-refractivity contribution in [2.45, 2.75) is 5.16 Å². The number of carbonyl (C=O) groups excluding carboxylic acids is 1. The van der Waals surface area contributed by atoms with Gasteiger partial charge in [0.15, 0.2) is 11.0 Å². The van der Waals surface area contributed by atoms with Gasteiger partial charge in [0.1, 0.15) is 6.29 Å². The van der Waals surface area contributed by atoms with Crippen LogP contribution in [0.15, 0.2) is 53.8 Å². The van der Waals surface area contributed by atoms with Gasteiger partial charge in [-0.05, 0) is 41.5 Å². The molecule has 0 saturated heterocycles. The third-order valence-corrected chi connectivity index (χ3v) is 4.85. The highest BCUT2D eigenvalue weighted by Crippen LogP contribution is 2.33. The number of carbonyl (C=O) groups is 1. The van der Waals surface area contributed by atoms with Crippen LogP contribution in [0.25, 0.3) is 33.4 Å². The minimum atomic E-state index is 0.334. The van der Waals surface area contributed by atoms with Gasteiger partial charge in [0.2, 0.25) is 0 Å². The van der Waals surface area contributed by atoms with Gasteiger partial charge in [0, 0.05) is 22.7 Å². The molecule has 0 radical (unpaired) electrons. The molecule has 4 aromatic rings. The lowest BCUT2D eigenvalue weighted by atomic mass is 9.99. The number of aromatic nitrogens is 4. The number of fused-ring (bicyclic) bond motifs is 1. The minimum Gasteiger partial charge on any atom is -0.361 e. The van der Waals surface area contributed by atoms with Gasteiger partial charge in [0.25, 0.3) is 0 Å². The van der Waals surface area contributed by atoms with Crippen LogP contribution in [0.3, 0.4) is 0 Å². The monoisotopic (exact) mass is 379 g/mol. The number of aromatic amines is 2. The SMILES string of the molecule is CONc1cc(-c2nnc(SCC=O)[nH]2)cc(-c2cccc3[nH]ccc23)c1. The van der Waals surface area contributed by atoms with Crippen molar-refractivity contribution in [3.8, 4) is 22.5 Å². The van der Waals surface area contributed by atoms with Crippen molar-refractivity contribution in [1.29, 1.82) is 0 Å². The number of aldehydes is 1. The fourth-order valence-electron chi connectivity index (χ4n) is 2.99. The van der Waals surface area contributed by atoms with E-state index in [0.29, 0.717) is 16.7 Å². The number of benzene rings is 2. The van der Waals surface area contributed by atoms with Crippen LogP contribution in [0, 0.1) is 0 Å². The fraction of sp³-hybridized carbons (Fsp3) is 0.105. The van der Waals surface area contributed by atoms with Crippen LogP contribution in [0.2, 0.25) is 0 Å². The Labute approximate surface area is 159 Å². The number of H-pyrrole nitrogens is 2. The van der Waals surface area contributed by atoms with Gasteiger partial charge in [-0.1, -0.05) is 23.9 Å². The number of hydrogen-bond donors (Lipinski definition) is 3. The normalized spacial score (nSPS) is 11.0. The summed E-state index contributed by atoms with van der Waals surface area (Å²) < 4.78 is 0. The van der Waals surface area contributed by atoms with Crippen LogP contribution in [-0.2, 0) is 9.63 Å². The average Bonchev–Trinajstić information content (AvgIpc) is 3.35. The zero-order valence-corrected chi connectivity index (χ0v) is 15.3. The molecule has 0 atom stereocenters.